The van der Waals surface area contributed by atoms with Crippen LogP contribution in [0.5, 0.6) is 5.75 Å². The van der Waals surface area contributed by atoms with Crippen molar-refractivity contribution in [3.63, 3.8) is 0 Å². The maximum Gasteiger partial charge on any atom is 0.335 e. The lowest BCUT2D eigenvalue weighted by atomic mass is 9.98. The van der Waals surface area contributed by atoms with E-state index in [0.29, 0.717) is 20.9 Å². The number of anilines is 1. The molecule has 1 aliphatic heterocycles. The van der Waals surface area contributed by atoms with E-state index in [2.05, 4.69) is 9.97 Å². The third kappa shape index (κ3) is 3.86. The Morgan fingerprint density at radius 1 is 1.08 bits per heavy atom. The normalized spacial score (nSPS) is 17.1. The number of carbonyl (C=O) groups excluding carboxylic acids is 2. The number of thiazole rings is 1. The predicted octanol–water partition coefficient (Wildman–Crippen LogP) is 4.68. The lowest BCUT2D eigenvalue weighted by molar-refractivity contribution is -0.132. The number of carboxylic acid groups (broad SMARTS) is 1. The number of carboxylic acids is 1. The number of halogens is 1. The molecule has 2 N–H and O–H groups in total. The number of aromatic nitrogens is 2. The summed E-state index contributed by atoms with van der Waals surface area (Å²) in [5, 5.41) is 21.0. The Morgan fingerprint density at radius 3 is 2.56 bits per heavy atom. The van der Waals surface area contributed by atoms with E-state index in [-0.39, 0.29) is 27.6 Å². The first kappa shape index (κ1) is 23.5. The van der Waals surface area contributed by atoms with Crippen LogP contribution in [0, 0.1) is 0 Å². The van der Waals surface area contributed by atoms with E-state index in [1.807, 2.05) is 0 Å². The number of ether oxygens (including phenoxy) is 1. The molecule has 0 aliphatic carbocycles. The van der Waals surface area contributed by atoms with Crippen LogP contribution in [-0.2, 0) is 9.59 Å². The molecule has 5 rings (SSSR count). The van der Waals surface area contributed by atoms with Crippen LogP contribution in [-0.4, -0.2) is 45.0 Å². The topological polar surface area (TPSA) is 130 Å². The SMILES string of the molecule is COc1cc(/C(O)=C2\C(=O)C(=O)N(c3nc4ccc(C(=O)O)cc4s3)C2c2ccccn2)ccc1Cl. The molecule has 36 heavy (non-hydrogen) atoms. The van der Waals surface area contributed by atoms with Crippen molar-refractivity contribution >= 4 is 61.7 Å². The van der Waals surface area contributed by atoms with Crippen LogP contribution in [0.1, 0.15) is 27.7 Å². The van der Waals surface area contributed by atoms with Gasteiger partial charge < -0.3 is 14.9 Å². The molecule has 1 unspecified atom stereocenters. The van der Waals surface area contributed by atoms with Gasteiger partial charge in [0.1, 0.15) is 17.6 Å². The number of carbonyl (C=O) groups is 3. The smallest absolute Gasteiger partial charge is 0.335 e. The number of ketones is 1. The largest absolute Gasteiger partial charge is 0.507 e. The molecular formula is C25H16ClN3O6S. The minimum absolute atomic E-state index is 0.0673. The number of benzene rings is 2. The number of methoxy groups -OCH3 is 1. The monoisotopic (exact) mass is 521 g/mol. The number of fused-ring (bicyclic) bond motifs is 1. The number of Topliss-reactive ketones (excluding diaryl/α,β-unsaturated/α-hetero) is 1. The molecule has 0 radical (unpaired) electrons. The van der Waals surface area contributed by atoms with Gasteiger partial charge in [0, 0.05) is 11.8 Å². The lowest BCUT2D eigenvalue weighted by Crippen LogP contribution is -2.29. The molecule has 1 amide bonds. The van der Waals surface area contributed by atoms with E-state index < -0.39 is 29.5 Å². The van der Waals surface area contributed by atoms with Crippen molar-refractivity contribution in [3.05, 3.63) is 88.2 Å². The highest BCUT2D eigenvalue weighted by Gasteiger charge is 2.48. The summed E-state index contributed by atoms with van der Waals surface area (Å²) in [7, 11) is 1.42. The Hall–Kier alpha value is -4.28. The van der Waals surface area contributed by atoms with Crippen molar-refractivity contribution in [2.24, 2.45) is 0 Å². The van der Waals surface area contributed by atoms with Crippen molar-refractivity contribution in [2.75, 3.05) is 12.0 Å². The highest BCUT2D eigenvalue weighted by Crippen LogP contribution is 2.44. The molecule has 11 heteroatoms. The number of aliphatic hydroxyl groups excluding tert-OH is 1. The number of hydrogen-bond donors (Lipinski definition) is 2. The predicted molar refractivity (Wildman–Crippen MR) is 134 cm³/mol. The molecule has 0 bridgehead atoms. The number of rotatable bonds is 5. The van der Waals surface area contributed by atoms with Gasteiger partial charge in [0.25, 0.3) is 5.78 Å². The summed E-state index contributed by atoms with van der Waals surface area (Å²) in [6.07, 6.45) is 1.51. The molecule has 1 saturated heterocycles. The van der Waals surface area contributed by atoms with Crippen LogP contribution >= 0.6 is 22.9 Å². The van der Waals surface area contributed by atoms with Crippen LogP contribution in [0.2, 0.25) is 5.02 Å². The summed E-state index contributed by atoms with van der Waals surface area (Å²) in [5.74, 6) is -3.05. The van der Waals surface area contributed by atoms with Gasteiger partial charge in [-0.15, -0.1) is 0 Å². The van der Waals surface area contributed by atoms with Crippen LogP contribution < -0.4 is 9.64 Å². The van der Waals surface area contributed by atoms with E-state index in [1.165, 1.54) is 54.6 Å². The van der Waals surface area contributed by atoms with Gasteiger partial charge in [-0.05, 0) is 48.5 Å². The summed E-state index contributed by atoms with van der Waals surface area (Å²) in [6, 6.07) is 12.8. The van der Waals surface area contributed by atoms with Crippen LogP contribution in [0.15, 0.2) is 66.4 Å². The molecule has 1 fully saturated rings. The van der Waals surface area contributed by atoms with E-state index in [9.17, 15) is 24.6 Å². The number of hydrogen-bond acceptors (Lipinski definition) is 8. The summed E-state index contributed by atoms with van der Waals surface area (Å²) in [6.45, 7) is 0. The lowest BCUT2D eigenvalue weighted by Gasteiger charge is -2.22. The van der Waals surface area contributed by atoms with Gasteiger partial charge in [0.05, 0.1) is 39.2 Å². The molecule has 4 aromatic rings. The zero-order valence-electron chi connectivity index (χ0n) is 18.5. The Balaban J connectivity index is 1.71. The number of amides is 1. The molecule has 1 aliphatic rings. The Kier molecular flexibility index (Phi) is 5.91. The fourth-order valence-corrected chi connectivity index (χ4v) is 5.18. The third-order valence-corrected chi connectivity index (χ3v) is 7.00. The average Bonchev–Trinajstić information content (AvgIpc) is 3.42. The Morgan fingerprint density at radius 2 is 1.86 bits per heavy atom. The first-order chi connectivity index (χ1) is 17.3. The molecule has 180 valence electrons. The zero-order chi connectivity index (χ0) is 25.6. The maximum atomic E-state index is 13.3. The minimum atomic E-state index is -1.10. The number of aromatic carboxylic acids is 1. The van der Waals surface area contributed by atoms with E-state index in [0.717, 1.165) is 11.3 Å². The van der Waals surface area contributed by atoms with Gasteiger partial charge in [-0.2, -0.15) is 0 Å². The van der Waals surface area contributed by atoms with Crippen LogP contribution in [0.4, 0.5) is 5.13 Å². The fraction of sp³-hybridized carbons (Fsp3) is 0.0800. The van der Waals surface area contributed by atoms with Crippen molar-refractivity contribution in [1.29, 1.82) is 0 Å². The average molecular weight is 522 g/mol. The number of aliphatic hydroxyl groups is 1. The van der Waals surface area contributed by atoms with Gasteiger partial charge in [-0.3, -0.25) is 19.5 Å². The van der Waals surface area contributed by atoms with Gasteiger partial charge in [-0.25, -0.2) is 9.78 Å². The number of pyridine rings is 1. The maximum absolute atomic E-state index is 13.3. The molecule has 0 spiro atoms. The highest BCUT2D eigenvalue weighted by atomic mass is 35.5. The van der Waals surface area contributed by atoms with Gasteiger partial charge in [0.2, 0.25) is 0 Å². The minimum Gasteiger partial charge on any atom is -0.507 e. The molecule has 1 atom stereocenters. The van der Waals surface area contributed by atoms with E-state index >= 15 is 0 Å². The van der Waals surface area contributed by atoms with Gasteiger partial charge >= 0.3 is 11.9 Å². The second kappa shape index (κ2) is 9.06. The van der Waals surface area contributed by atoms with Crippen LogP contribution in [0.25, 0.3) is 16.0 Å². The number of nitrogens with zero attached hydrogens (tertiary/aromatic N) is 3. The quantitative estimate of drug-likeness (QED) is 0.220. The Labute approximate surface area is 212 Å². The fourth-order valence-electron chi connectivity index (χ4n) is 3.96. The second-order valence-electron chi connectivity index (χ2n) is 7.76. The molecule has 2 aromatic carbocycles. The van der Waals surface area contributed by atoms with Gasteiger partial charge in [-0.1, -0.05) is 29.0 Å². The zero-order valence-corrected chi connectivity index (χ0v) is 20.1. The van der Waals surface area contributed by atoms with Crippen molar-refractivity contribution in [1.82, 2.24) is 9.97 Å². The summed E-state index contributed by atoms with van der Waals surface area (Å²) in [5.41, 5.74) is 0.922. The standard InChI is InChI=1S/C25H16ClN3O6S/c1-35-17-10-12(5-7-14(17)26)21(30)19-20(16-4-2-3-9-27-16)29(23(32)22(19)31)25-28-15-8-6-13(24(33)34)11-18(15)36-25/h2-11,20,30H,1H3,(H,33,34)/b21-19+. The molecule has 9 nitrogen and oxygen atoms in total. The van der Waals surface area contributed by atoms with Crippen molar-refractivity contribution < 1.29 is 29.3 Å². The first-order valence-electron chi connectivity index (χ1n) is 10.5. The van der Waals surface area contributed by atoms with Crippen molar-refractivity contribution in [2.45, 2.75) is 6.04 Å². The second-order valence-corrected chi connectivity index (χ2v) is 9.17. The van der Waals surface area contributed by atoms with Crippen LogP contribution in [0.3, 0.4) is 0 Å². The van der Waals surface area contributed by atoms with Crippen molar-refractivity contribution in [3.8, 4) is 5.75 Å². The van der Waals surface area contributed by atoms with E-state index in [4.69, 9.17) is 16.3 Å². The summed E-state index contributed by atoms with van der Waals surface area (Å²) >= 11 is 7.16. The molecule has 2 aromatic heterocycles. The molecule has 0 saturated carbocycles. The van der Waals surface area contributed by atoms with E-state index in [1.54, 1.807) is 18.2 Å². The molecular weight excluding hydrogens is 506 g/mol. The third-order valence-electron chi connectivity index (χ3n) is 5.67. The summed E-state index contributed by atoms with van der Waals surface area (Å²) < 4.78 is 5.74. The first-order valence-corrected chi connectivity index (χ1v) is 11.7. The summed E-state index contributed by atoms with van der Waals surface area (Å²) in [4.78, 5) is 47.9. The highest BCUT2D eigenvalue weighted by molar-refractivity contribution is 7.22. The van der Waals surface area contributed by atoms with Gasteiger partial charge in [0.15, 0.2) is 5.13 Å². The molecule has 3 heterocycles. The Bertz CT molecular complexity index is 1580.